The van der Waals surface area contributed by atoms with Gasteiger partial charge in [-0.05, 0) is 49.4 Å². The van der Waals surface area contributed by atoms with Crippen molar-refractivity contribution in [3.05, 3.63) is 53.2 Å². The van der Waals surface area contributed by atoms with Crippen LogP contribution in [0.25, 0.3) is 0 Å². The first-order chi connectivity index (χ1) is 16.5. The molecule has 1 atom stereocenters. The van der Waals surface area contributed by atoms with Crippen LogP contribution in [0.1, 0.15) is 48.6 Å². The van der Waals surface area contributed by atoms with Crippen LogP contribution in [0, 0.1) is 6.92 Å². The minimum absolute atomic E-state index is 0.0359. The summed E-state index contributed by atoms with van der Waals surface area (Å²) >= 11 is 0. The van der Waals surface area contributed by atoms with Crippen molar-refractivity contribution < 1.29 is 19.1 Å². The third kappa shape index (κ3) is 5.33. The molecule has 1 aromatic carbocycles. The van der Waals surface area contributed by atoms with E-state index in [9.17, 15) is 9.59 Å². The number of hydrogen-bond acceptors (Lipinski definition) is 6. The lowest BCUT2D eigenvalue weighted by Gasteiger charge is -2.32. The van der Waals surface area contributed by atoms with Crippen molar-refractivity contribution in [1.29, 1.82) is 0 Å². The second-order valence-electron chi connectivity index (χ2n) is 9.45. The molecule has 2 aromatic rings. The third-order valence-electron chi connectivity index (χ3n) is 6.82. The molecule has 5 rings (SSSR count). The van der Waals surface area contributed by atoms with E-state index in [1.165, 1.54) is 5.56 Å². The molecule has 1 N–H and O–H groups in total. The zero-order chi connectivity index (χ0) is 23.5. The van der Waals surface area contributed by atoms with Crippen LogP contribution in [0.4, 0.5) is 0 Å². The SMILES string of the molecule is Cc1ccc2c(n1)O[C@@H](c1ccc(CN3CCC(NC(=O)CN4CCCC4=O)CC3)cc1)CO2. The highest BCUT2D eigenvalue weighted by atomic mass is 16.6. The van der Waals surface area contributed by atoms with Crippen LogP contribution in [0.3, 0.4) is 0 Å². The Hall–Kier alpha value is -3.13. The Kier molecular flexibility index (Phi) is 6.67. The normalized spacial score (nSPS) is 21.0. The molecule has 0 radical (unpaired) electrons. The fourth-order valence-electron chi connectivity index (χ4n) is 4.86. The van der Waals surface area contributed by atoms with Gasteiger partial charge in [0.15, 0.2) is 11.9 Å². The average Bonchev–Trinajstić information content (AvgIpc) is 3.24. The van der Waals surface area contributed by atoms with Gasteiger partial charge in [-0.25, -0.2) is 4.98 Å². The number of ether oxygens (including phenoxy) is 2. The topological polar surface area (TPSA) is 84.0 Å². The van der Waals surface area contributed by atoms with Crippen LogP contribution in [0.5, 0.6) is 11.6 Å². The van der Waals surface area contributed by atoms with Gasteiger partial charge in [0, 0.05) is 44.3 Å². The molecule has 2 saturated heterocycles. The number of rotatable bonds is 6. The number of benzene rings is 1. The molecule has 180 valence electrons. The van der Waals surface area contributed by atoms with E-state index >= 15 is 0 Å². The van der Waals surface area contributed by atoms with Gasteiger partial charge in [-0.2, -0.15) is 0 Å². The van der Waals surface area contributed by atoms with E-state index in [2.05, 4.69) is 39.5 Å². The Balaban J connectivity index is 1.08. The second-order valence-corrected chi connectivity index (χ2v) is 9.45. The molecule has 0 unspecified atom stereocenters. The first kappa shape index (κ1) is 22.7. The van der Waals surface area contributed by atoms with E-state index in [1.54, 1.807) is 4.90 Å². The molecule has 0 spiro atoms. The lowest BCUT2D eigenvalue weighted by Crippen LogP contribution is -2.47. The summed E-state index contributed by atoms with van der Waals surface area (Å²) < 4.78 is 11.9. The van der Waals surface area contributed by atoms with Crippen molar-refractivity contribution >= 4 is 11.8 Å². The van der Waals surface area contributed by atoms with Crippen LogP contribution in [0.2, 0.25) is 0 Å². The maximum atomic E-state index is 12.3. The third-order valence-corrected chi connectivity index (χ3v) is 6.82. The number of amides is 2. The van der Waals surface area contributed by atoms with E-state index in [0.717, 1.165) is 50.2 Å². The number of aryl methyl sites for hydroxylation is 1. The molecule has 34 heavy (non-hydrogen) atoms. The van der Waals surface area contributed by atoms with Crippen molar-refractivity contribution in [1.82, 2.24) is 20.1 Å². The van der Waals surface area contributed by atoms with E-state index in [0.29, 0.717) is 31.2 Å². The van der Waals surface area contributed by atoms with Crippen molar-refractivity contribution in [2.75, 3.05) is 32.8 Å². The summed E-state index contributed by atoms with van der Waals surface area (Å²) in [7, 11) is 0. The standard InChI is InChI=1S/C26H32N4O4/c1-18-4-9-22-26(27-18)34-23(17-33-22)20-7-5-19(6-8-20)15-29-13-10-21(11-14-29)28-24(31)16-30-12-2-3-25(30)32/h4-9,21,23H,2-3,10-17H2,1H3,(H,28,31)/t23-/m1/s1. The molecule has 3 aliphatic heterocycles. The van der Waals surface area contributed by atoms with Gasteiger partial charge in [0.25, 0.3) is 5.88 Å². The first-order valence-corrected chi connectivity index (χ1v) is 12.2. The zero-order valence-corrected chi connectivity index (χ0v) is 19.7. The minimum Gasteiger partial charge on any atom is -0.484 e. The first-order valence-electron chi connectivity index (χ1n) is 12.2. The monoisotopic (exact) mass is 464 g/mol. The molecule has 8 nitrogen and oxygen atoms in total. The Morgan fingerprint density at radius 2 is 1.91 bits per heavy atom. The second kappa shape index (κ2) is 10.0. The summed E-state index contributed by atoms with van der Waals surface area (Å²) in [6, 6.07) is 12.5. The Bertz CT molecular complexity index is 1030. The maximum Gasteiger partial charge on any atom is 0.257 e. The van der Waals surface area contributed by atoms with Crippen molar-refractivity contribution in [2.45, 2.75) is 51.3 Å². The number of hydrogen-bond donors (Lipinski definition) is 1. The van der Waals surface area contributed by atoms with Gasteiger partial charge < -0.3 is 19.7 Å². The fraction of sp³-hybridized carbons (Fsp3) is 0.500. The number of aromatic nitrogens is 1. The van der Waals surface area contributed by atoms with E-state index < -0.39 is 0 Å². The molecule has 2 fully saturated rings. The quantitative estimate of drug-likeness (QED) is 0.708. The number of likely N-dealkylation sites (tertiary alicyclic amines) is 2. The average molecular weight is 465 g/mol. The molecule has 0 aliphatic carbocycles. The Morgan fingerprint density at radius 3 is 2.65 bits per heavy atom. The minimum atomic E-state index is -0.161. The number of nitrogens with one attached hydrogen (secondary N) is 1. The molecular formula is C26H32N4O4. The number of nitrogens with zero attached hydrogens (tertiary/aromatic N) is 3. The summed E-state index contributed by atoms with van der Waals surface area (Å²) in [5.74, 6) is 1.31. The predicted molar refractivity (Wildman–Crippen MR) is 127 cm³/mol. The van der Waals surface area contributed by atoms with Crippen LogP contribution in [-0.4, -0.2) is 65.4 Å². The molecule has 2 amide bonds. The van der Waals surface area contributed by atoms with E-state index in [4.69, 9.17) is 9.47 Å². The maximum absolute atomic E-state index is 12.3. The molecule has 4 heterocycles. The lowest BCUT2D eigenvalue weighted by atomic mass is 10.0. The highest BCUT2D eigenvalue weighted by Gasteiger charge is 2.26. The number of fused-ring (bicyclic) bond motifs is 1. The van der Waals surface area contributed by atoms with Gasteiger partial charge in [-0.3, -0.25) is 14.5 Å². The fourth-order valence-corrected chi connectivity index (χ4v) is 4.86. The van der Waals surface area contributed by atoms with Gasteiger partial charge in [0.2, 0.25) is 11.8 Å². The van der Waals surface area contributed by atoms with Crippen LogP contribution < -0.4 is 14.8 Å². The van der Waals surface area contributed by atoms with Crippen LogP contribution in [0.15, 0.2) is 36.4 Å². The largest absolute Gasteiger partial charge is 0.484 e. The number of pyridine rings is 1. The summed E-state index contributed by atoms with van der Waals surface area (Å²) in [4.78, 5) is 32.5. The molecule has 1 aromatic heterocycles. The number of piperidine rings is 1. The highest BCUT2D eigenvalue weighted by Crippen LogP contribution is 2.34. The molecule has 3 aliphatic rings. The summed E-state index contributed by atoms with van der Waals surface area (Å²) in [6.07, 6.45) is 3.12. The van der Waals surface area contributed by atoms with Crippen molar-refractivity contribution in [3.8, 4) is 11.6 Å². The molecule has 0 bridgehead atoms. The Morgan fingerprint density at radius 1 is 1.12 bits per heavy atom. The molecular weight excluding hydrogens is 432 g/mol. The number of carbonyl (C=O) groups is 2. The lowest BCUT2D eigenvalue weighted by molar-refractivity contribution is -0.133. The van der Waals surface area contributed by atoms with Gasteiger partial charge in [-0.15, -0.1) is 0 Å². The Labute approximate surface area is 200 Å². The summed E-state index contributed by atoms with van der Waals surface area (Å²) in [5, 5.41) is 3.11. The predicted octanol–water partition coefficient (Wildman–Crippen LogP) is 2.61. The highest BCUT2D eigenvalue weighted by molar-refractivity contribution is 5.85. The van der Waals surface area contributed by atoms with Gasteiger partial charge in [0.05, 0.1) is 6.54 Å². The summed E-state index contributed by atoms with van der Waals surface area (Å²) in [5.41, 5.74) is 3.24. The van der Waals surface area contributed by atoms with Crippen LogP contribution >= 0.6 is 0 Å². The molecule has 8 heteroatoms. The van der Waals surface area contributed by atoms with Gasteiger partial charge in [0.1, 0.15) is 6.61 Å². The van der Waals surface area contributed by atoms with E-state index in [1.807, 2.05) is 19.1 Å². The van der Waals surface area contributed by atoms with Gasteiger partial charge in [-0.1, -0.05) is 24.3 Å². The van der Waals surface area contributed by atoms with E-state index in [-0.39, 0.29) is 30.5 Å². The smallest absolute Gasteiger partial charge is 0.257 e. The molecule has 0 saturated carbocycles. The summed E-state index contributed by atoms with van der Waals surface area (Å²) in [6.45, 7) is 6.08. The van der Waals surface area contributed by atoms with Gasteiger partial charge >= 0.3 is 0 Å². The zero-order valence-electron chi connectivity index (χ0n) is 19.7. The van der Waals surface area contributed by atoms with Crippen LogP contribution in [-0.2, 0) is 16.1 Å². The van der Waals surface area contributed by atoms with Crippen molar-refractivity contribution in [2.24, 2.45) is 0 Å². The number of carbonyl (C=O) groups excluding carboxylic acids is 2. The van der Waals surface area contributed by atoms with Crippen molar-refractivity contribution in [3.63, 3.8) is 0 Å².